The number of benzene rings is 2. The molecule has 0 fully saturated rings. The van der Waals surface area contributed by atoms with E-state index in [4.69, 9.17) is 5.11 Å². The number of carboxylic acids is 1. The minimum Gasteiger partial charge on any atom is -0.476 e. The average Bonchev–Trinajstić information content (AvgIpc) is 2.91. The summed E-state index contributed by atoms with van der Waals surface area (Å²) in [7, 11) is -3.73. The van der Waals surface area contributed by atoms with Crippen LogP contribution in [0.25, 0.3) is 10.9 Å². The standard InChI is InChI=1S/C14H11N3O4S/c18-14(19)13-11-8-9(6-7-12(11)15-16-13)17-22(20,21)10-4-2-1-3-5-10/h1-8,17H,(H,15,16)(H,18,19). The second-order valence-corrected chi connectivity index (χ2v) is 6.24. The summed E-state index contributed by atoms with van der Waals surface area (Å²) >= 11 is 0. The van der Waals surface area contributed by atoms with Gasteiger partial charge in [0.2, 0.25) is 0 Å². The van der Waals surface area contributed by atoms with Crippen molar-refractivity contribution in [1.29, 1.82) is 0 Å². The number of aromatic carboxylic acids is 1. The zero-order valence-electron chi connectivity index (χ0n) is 11.1. The smallest absolute Gasteiger partial charge is 0.357 e. The van der Waals surface area contributed by atoms with E-state index >= 15 is 0 Å². The maximum atomic E-state index is 12.2. The van der Waals surface area contributed by atoms with Crippen molar-refractivity contribution in [3.8, 4) is 0 Å². The Balaban J connectivity index is 2.01. The van der Waals surface area contributed by atoms with Crippen molar-refractivity contribution in [3.63, 3.8) is 0 Å². The Bertz CT molecular complexity index is 949. The highest BCUT2D eigenvalue weighted by molar-refractivity contribution is 7.92. The van der Waals surface area contributed by atoms with E-state index in [0.29, 0.717) is 10.9 Å². The van der Waals surface area contributed by atoms with Crippen LogP contribution >= 0.6 is 0 Å². The maximum Gasteiger partial charge on any atom is 0.357 e. The van der Waals surface area contributed by atoms with Gasteiger partial charge in [-0.25, -0.2) is 13.2 Å². The SMILES string of the molecule is O=C(O)c1n[nH]c2ccc(NS(=O)(=O)c3ccccc3)cc12. The van der Waals surface area contributed by atoms with Crippen LogP contribution in [0, 0.1) is 0 Å². The molecule has 0 saturated heterocycles. The number of rotatable bonds is 4. The van der Waals surface area contributed by atoms with Gasteiger partial charge in [-0.1, -0.05) is 18.2 Å². The zero-order chi connectivity index (χ0) is 15.7. The summed E-state index contributed by atoms with van der Waals surface area (Å²) < 4.78 is 26.9. The second kappa shape index (κ2) is 5.15. The van der Waals surface area contributed by atoms with Crippen molar-refractivity contribution in [2.75, 3.05) is 4.72 Å². The van der Waals surface area contributed by atoms with Crippen LogP contribution in [-0.4, -0.2) is 29.7 Å². The molecule has 3 N–H and O–H groups in total. The highest BCUT2D eigenvalue weighted by Crippen LogP contribution is 2.23. The minimum absolute atomic E-state index is 0.126. The van der Waals surface area contributed by atoms with E-state index in [1.807, 2.05) is 0 Å². The third kappa shape index (κ3) is 2.51. The quantitative estimate of drug-likeness (QED) is 0.682. The summed E-state index contributed by atoms with van der Waals surface area (Å²) in [4.78, 5) is 11.2. The Morgan fingerprint density at radius 2 is 1.86 bits per heavy atom. The van der Waals surface area contributed by atoms with Gasteiger partial charge in [-0.05, 0) is 30.3 Å². The fraction of sp³-hybridized carbons (Fsp3) is 0. The largest absolute Gasteiger partial charge is 0.476 e. The van der Waals surface area contributed by atoms with Gasteiger partial charge in [-0.2, -0.15) is 5.10 Å². The van der Waals surface area contributed by atoms with E-state index in [9.17, 15) is 13.2 Å². The van der Waals surface area contributed by atoms with Crippen LogP contribution in [0.4, 0.5) is 5.69 Å². The van der Waals surface area contributed by atoms with Crippen molar-refractivity contribution in [2.45, 2.75) is 4.90 Å². The number of carboxylic acid groups (broad SMARTS) is 1. The van der Waals surface area contributed by atoms with Crippen molar-refractivity contribution < 1.29 is 18.3 Å². The molecule has 0 bridgehead atoms. The molecule has 3 rings (SSSR count). The Morgan fingerprint density at radius 3 is 2.55 bits per heavy atom. The fourth-order valence-corrected chi connectivity index (χ4v) is 3.12. The molecule has 0 amide bonds. The van der Waals surface area contributed by atoms with E-state index < -0.39 is 16.0 Å². The topological polar surface area (TPSA) is 112 Å². The van der Waals surface area contributed by atoms with Gasteiger partial charge >= 0.3 is 5.97 Å². The molecule has 22 heavy (non-hydrogen) atoms. The number of sulfonamides is 1. The summed E-state index contributed by atoms with van der Waals surface area (Å²) in [5.74, 6) is -1.19. The Morgan fingerprint density at radius 1 is 1.14 bits per heavy atom. The van der Waals surface area contributed by atoms with Gasteiger partial charge in [-0.15, -0.1) is 0 Å². The number of anilines is 1. The number of nitrogens with one attached hydrogen (secondary N) is 2. The number of nitrogens with zero attached hydrogens (tertiary/aromatic N) is 1. The van der Waals surface area contributed by atoms with E-state index in [1.54, 1.807) is 24.3 Å². The first-order chi connectivity index (χ1) is 10.5. The van der Waals surface area contributed by atoms with Crippen LogP contribution in [0.2, 0.25) is 0 Å². The summed E-state index contributed by atoms with van der Waals surface area (Å²) in [5, 5.41) is 15.7. The fourth-order valence-electron chi connectivity index (χ4n) is 2.05. The van der Waals surface area contributed by atoms with E-state index in [0.717, 1.165) is 0 Å². The lowest BCUT2D eigenvalue weighted by Crippen LogP contribution is -2.12. The molecule has 0 spiro atoms. The van der Waals surface area contributed by atoms with E-state index in [2.05, 4.69) is 14.9 Å². The Kier molecular flexibility index (Phi) is 3.30. The molecular formula is C14H11N3O4S. The number of aromatic nitrogens is 2. The Labute approximate surface area is 125 Å². The molecule has 112 valence electrons. The molecule has 0 unspecified atom stereocenters. The molecule has 2 aromatic carbocycles. The minimum atomic E-state index is -3.73. The zero-order valence-corrected chi connectivity index (χ0v) is 12.0. The van der Waals surface area contributed by atoms with Crippen LogP contribution < -0.4 is 4.72 Å². The molecule has 0 aliphatic carbocycles. The normalized spacial score (nSPS) is 11.5. The number of carbonyl (C=O) groups is 1. The molecule has 8 heteroatoms. The number of H-pyrrole nitrogens is 1. The molecule has 0 radical (unpaired) electrons. The summed E-state index contributed by atoms with van der Waals surface area (Å²) in [5.41, 5.74) is 0.621. The summed E-state index contributed by atoms with van der Waals surface area (Å²) in [6.45, 7) is 0. The number of fused-ring (bicyclic) bond motifs is 1. The van der Waals surface area contributed by atoms with Crippen LogP contribution in [0.3, 0.4) is 0 Å². The van der Waals surface area contributed by atoms with Gasteiger partial charge < -0.3 is 5.11 Å². The van der Waals surface area contributed by atoms with Crippen LogP contribution in [0.5, 0.6) is 0 Å². The Hall–Kier alpha value is -2.87. The van der Waals surface area contributed by atoms with Gasteiger partial charge in [0.1, 0.15) is 0 Å². The van der Waals surface area contributed by atoms with Gasteiger partial charge in [0.15, 0.2) is 5.69 Å². The number of aromatic amines is 1. The second-order valence-electron chi connectivity index (χ2n) is 4.56. The molecular weight excluding hydrogens is 306 g/mol. The van der Waals surface area contributed by atoms with Crippen LogP contribution in [-0.2, 0) is 10.0 Å². The van der Waals surface area contributed by atoms with E-state index in [-0.39, 0.29) is 16.3 Å². The van der Waals surface area contributed by atoms with Gasteiger partial charge in [0, 0.05) is 11.1 Å². The molecule has 1 aromatic heterocycles. The van der Waals surface area contributed by atoms with Crippen LogP contribution in [0.1, 0.15) is 10.5 Å². The number of hydrogen-bond donors (Lipinski definition) is 3. The predicted octanol–water partition coefficient (Wildman–Crippen LogP) is 2.06. The lowest BCUT2D eigenvalue weighted by atomic mass is 10.2. The highest BCUT2D eigenvalue weighted by atomic mass is 32.2. The molecule has 0 saturated carbocycles. The molecule has 7 nitrogen and oxygen atoms in total. The van der Waals surface area contributed by atoms with Crippen molar-refractivity contribution >= 4 is 32.6 Å². The van der Waals surface area contributed by atoms with Gasteiger partial charge in [0.25, 0.3) is 10.0 Å². The average molecular weight is 317 g/mol. The first-order valence-corrected chi connectivity index (χ1v) is 7.75. The van der Waals surface area contributed by atoms with Crippen molar-refractivity contribution in [1.82, 2.24) is 10.2 Å². The molecule has 0 atom stereocenters. The first-order valence-electron chi connectivity index (χ1n) is 6.27. The molecule has 3 aromatic rings. The van der Waals surface area contributed by atoms with Gasteiger partial charge in [0.05, 0.1) is 10.4 Å². The van der Waals surface area contributed by atoms with E-state index in [1.165, 1.54) is 24.3 Å². The third-order valence-corrected chi connectivity index (χ3v) is 4.47. The monoisotopic (exact) mass is 317 g/mol. The maximum absolute atomic E-state index is 12.2. The van der Waals surface area contributed by atoms with Gasteiger partial charge in [-0.3, -0.25) is 9.82 Å². The lowest BCUT2D eigenvalue weighted by molar-refractivity contribution is 0.0692. The van der Waals surface area contributed by atoms with Crippen molar-refractivity contribution in [2.24, 2.45) is 0 Å². The molecule has 0 aliphatic heterocycles. The molecule has 0 aliphatic rings. The highest BCUT2D eigenvalue weighted by Gasteiger charge is 2.16. The first kappa shape index (κ1) is 14.1. The lowest BCUT2D eigenvalue weighted by Gasteiger charge is -2.08. The van der Waals surface area contributed by atoms with Crippen molar-refractivity contribution in [3.05, 3.63) is 54.2 Å². The summed E-state index contributed by atoms with van der Waals surface area (Å²) in [6, 6.07) is 12.4. The number of hydrogen-bond acceptors (Lipinski definition) is 4. The predicted molar refractivity (Wildman–Crippen MR) is 80.3 cm³/mol. The summed E-state index contributed by atoms with van der Waals surface area (Å²) in [6.07, 6.45) is 0. The van der Waals surface area contributed by atoms with Crippen LogP contribution in [0.15, 0.2) is 53.4 Å². The third-order valence-electron chi connectivity index (χ3n) is 3.07. The molecule has 1 heterocycles.